The Hall–Kier alpha value is -1.88. The van der Waals surface area contributed by atoms with Crippen LogP contribution in [-0.4, -0.2) is 16.1 Å². The summed E-state index contributed by atoms with van der Waals surface area (Å²) in [6.45, 7) is 4.12. The summed E-state index contributed by atoms with van der Waals surface area (Å²) in [5.74, 6) is -0.918. The van der Waals surface area contributed by atoms with Crippen molar-refractivity contribution in [1.29, 1.82) is 0 Å². The van der Waals surface area contributed by atoms with Crippen molar-refractivity contribution in [3.63, 3.8) is 0 Å². The first-order valence-corrected chi connectivity index (χ1v) is 6.96. The number of carbonyl (C=O) groups is 1. The van der Waals surface area contributed by atoms with Crippen LogP contribution in [0.3, 0.4) is 0 Å². The summed E-state index contributed by atoms with van der Waals surface area (Å²) in [5.41, 5.74) is 1.08. The molecule has 19 heavy (non-hydrogen) atoms. The second kappa shape index (κ2) is 5.84. The molecule has 0 saturated heterocycles. The van der Waals surface area contributed by atoms with Gasteiger partial charge in [-0.15, -0.1) is 11.3 Å². The number of benzene rings is 1. The van der Waals surface area contributed by atoms with Gasteiger partial charge in [-0.3, -0.25) is 0 Å². The Morgan fingerprint density at radius 2 is 2.32 bits per heavy atom. The highest BCUT2D eigenvalue weighted by atomic mass is 32.1. The number of thiazole rings is 1. The Kier molecular flexibility index (Phi) is 4.16. The van der Waals surface area contributed by atoms with E-state index in [2.05, 4.69) is 17.2 Å². The van der Waals surface area contributed by atoms with Crippen LogP contribution >= 0.6 is 11.3 Å². The van der Waals surface area contributed by atoms with Gasteiger partial charge in [-0.2, -0.15) is 0 Å². The molecule has 2 N–H and O–H groups in total. The largest absolute Gasteiger partial charge is 0.478 e. The fraction of sp³-hybridized carbons (Fsp3) is 0.286. The summed E-state index contributed by atoms with van der Waals surface area (Å²) in [4.78, 5) is 16.5. The number of hydrogen-bond donors (Lipinski definition) is 2. The van der Waals surface area contributed by atoms with Crippen LogP contribution in [0, 0.1) is 0 Å². The first-order chi connectivity index (χ1) is 9.10. The zero-order valence-corrected chi connectivity index (χ0v) is 11.7. The zero-order valence-electron chi connectivity index (χ0n) is 10.9. The Morgan fingerprint density at radius 1 is 1.53 bits per heavy atom. The van der Waals surface area contributed by atoms with Gasteiger partial charge in [-0.05, 0) is 31.5 Å². The number of rotatable bonds is 5. The van der Waals surface area contributed by atoms with Gasteiger partial charge < -0.3 is 10.4 Å². The van der Waals surface area contributed by atoms with E-state index in [-0.39, 0.29) is 11.6 Å². The van der Waals surface area contributed by atoms with Crippen LogP contribution in [0.25, 0.3) is 0 Å². The van der Waals surface area contributed by atoms with E-state index in [9.17, 15) is 4.79 Å². The zero-order chi connectivity index (χ0) is 13.8. The molecule has 0 bridgehead atoms. The molecule has 1 atom stereocenters. The molecular formula is C14H16N2O2S. The summed E-state index contributed by atoms with van der Waals surface area (Å²) in [5, 5.41) is 13.2. The molecule has 0 aliphatic rings. The average molecular weight is 276 g/mol. The lowest BCUT2D eigenvalue weighted by Gasteiger charge is -2.13. The van der Waals surface area contributed by atoms with Crippen molar-refractivity contribution in [3.8, 4) is 0 Å². The van der Waals surface area contributed by atoms with E-state index in [0.717, 1.165) is 17.1 Å². The van der Waals surface area contributed by atoms with Gasteiger partial charge in [0.25, 0.3) is 0 Å². The van der Waals surface area contributed by atoms with Gasteiger partial charge in [0.2, 0.25) is 0 Å². The van der Waals surface area contributed by atoms with Crippen molar-refractivity contribution in [1.82, 2.24) is 4.98 Å². The average Bonchev–Trinajstić information content (AvgIpc) is 2.88. The number of carboxylic acid groups (broad SMARTS) is 1. The molecule has 100 valence electrons. The number of anilines is 1. The molecule has 1 aromatic heterocycles. The Bertz CT molecular complexity index is 580. The van der Waals surface area contributed by atoms with E-state index in [1.165, 1.54) is 4.88 Å². The van der Waals surface area contributed by atoms with Gasteiger partial charge in [0.05, 0.1) is 11.6 Å². The first-order valence-electron chi connectivity index (χ1n) is 6.14. The molecule has 5 heteroatoms. The lowest BCUT2D eigenvalue weighted by Crippen LogP contribution is -2.07. The molecule has 1 aromatic carbocycles. The highest BCUT2D eigenvalue weighted by Crippen LogP contribution is 2.24. The Labute approximate surface area is 116 Å². The molecule has 1 heterocycles. The van der Waals surface area contributed by atoms with Gasteiger partial charge in [-0.1, -0.05) is 13.0 Å². The quantitative estimate of drug-likeness (QED) is 0.876. The molecule has 2 aromatic rings. The standard InChI is InChI=1S/C14H16N2O2S/c1-3-12-8-15-13(19-12)9(2)16-11-6-4-5-10(7-11)14(17)18/h4-9,16H,3H2,1-2H3,(H,17,18). The molecule has 0 aliphatic heterocycles. The summed E-state index contributed by atoms with van der Waals surface area (Å²) >= 11 is 1.68. The van der Waals surface area contributed by atoms with Crippen LogP contribution in [0.2, 0.25) is 0 Å². The third-order valence-corrected chi connectivity index (χ3v) is 4.11. The number of carboxylic acids is 1. The summed E-state index contributed by atoms with van der Waals surface area (Å²) in [6.07, 6.45) is 2.88. The Morgan fingerprint density at radius 3 is 2.95 bits per heavy atom. The van der Waals surface area contributed by atoms with Crippen molar-refractivity contribution < 1.29 is 9.90 Å². The molecule has 0 amide bonds. The lowest BCUT2D eigenvalue weighted by atomic mass is 10.2. The number of aromatic nitrogens is 1. The molecule has 0 spiro atoms. The number of aryl methyl sites for hydroxylation is 1. The normalized spacial score (nSPS) is 12.1. The fourth-order valence-electron chi connectivity index (χ4n) is 1.74. The van der Waals surface area contributed by atoms with E-state index in [1.54, 1.807) is 29.5 Å². The monoisotopic (exact) mass is 276 g/mol. The van der Waals surface area contributed by atoms with E-state index in [1.807, 2.05) is 19.2 Å². The number of aromatic carboxylic acids is 1. The second-order valence-corrected chi connectivity index (χ2v) is 5.42. The molecule has 0 fully saturated rings. The maximum atomic E-state index is 10.9. The minimum absolute atomic E-state index is 0.0642. The predicted molar refractivity (Wildman–Crippen MR) is 76.9 cm³/mol. The highest BCUT2D eigenvalue weighted by Gasteiger charge is 2.11. The van der Waals surface area contributed by atoms with E-state index in [4.69, 9.17) is 5.11 Å². The summed E-state index contributed by atoms with van der Waals surface area (Å²) < 4.78 is 0. The summed E-state index contributed by atoms with van der Waals surface area (Å²) in [6, 6.07) is 6.87. The van der Waals surface area contributed by atoms with Gasteiger partial charge >= 0.3 is 5.97 Å². The van der Waals surface area contributed by atoms with Crippen molar-refractivity contribution in [3.05, 3.63) is 45.9 Å². The molecule has 0 saturated carbocycles. The van der Waals surface area contributed by atoms with Crippen LogP contribution in [0.15, 0.2) is 30.5 Å². The third kappa shape index (κ3) is 3.32. The molecule has 0 radical (unpaired) electrons. The van der Waals surface area contributed by atoms with Crippen molar-refractivity contribution in [2.24, 2.45) is 0 Å². The van der Waals surface area contributed by atoms with Gasteiger partial charge in [0.1, 0.15) is 5.01 Å². The molecule has 1 unspecified atom stereocenters. The fourth-order valence-corrected chi connectivity index (χ4v) is 2.60. The molecule has 4 nitrogen and oxygen atoms in total. The van der Waals surface area contributed by atoms with Crippen LogP contribution in [0.5, 0.6) is 0 Å². The molecular weight excluding hydrogens is 260 g/mol. The van der Waals surface area contributed by atoms with Crippen LogP contribution in [0.1, 0.15) is 40.1 Å². The smallest absolute Gasteiger partial charge is 0.335 e. The number of hydrogen-bond acceptors (Lipinski definition) is 4. The number of nitrogens with one attached hydrogen (secondary N) is 1. The van der Waals surface area contributed by atoms with E-state index >= 15 is 0 Å². The topological polar surface area (TPSA) is 62.2 Å². The summed E-state index contributed by atoms with van der Waals surface area (Å²) in [7, 11) is 0. The molecule has 2 rings (SSSR count). The second-order valence-electron chi connectivity index (χ2n) is 4.27. The van der Waals surface area contributed by atoms with Crippen molar-refractivity contribution in [2.45, 2.75) is 26.3 Å². The Balaban J connectivity index is 2.12. The van der Waals surface area contributed by atoms with Gasteiger partial charge in [-0.25, -0.2) is 9.78 Å². The first kappa shape index (κ1) is 13.5. The SMILES string of the molecule is CCc1cnc(C(C)Nc2cccc(C(=O)O)c2)s1. The lowest BCUT2D eigenvalue weighted by molar-refractivity contribution is 0.0697. The van der Waals surface area contributed by atoms with Crippen LogP contribution < -0.4 is 5.32 Å². The predicted octanol–water partition coefficient (Wildman–Crippen LogP) is 3.58. The van der Waals surface area contributed by atoms with Gasteiger partial charge in [0, 0.05) is 16.8 Å². The van der Waals surface area contributed by atoms with Gasteiger partial charge in [0.15, 0.2) is 0 Å². The van der Waals surface area contributed by atoms with E-state index in [0.29, 0.717) is 0 Å². The highest BCUT2D eigenvalue weighted by molar-refractivity contribution is 7.11. The minimum Gasteiger partial charge on any atom is -0.478 e. The minimum atomic E-state index is -0.918. The maximum Gasteiger partial charge on any atom is 0.335 e. The van der Waals surface area contributed by atoms with E-state index < -0.39 is 5.97 Å². The van der Waals surface area contributed by atoms with Crippen LogP contribution in [-0.2, 0) is 6.42 Å². The number of nitrogens with zero attached hydrogens (tertiary/aromatic N) is 1. The molecule has 0 aliphatic carbocycles. The van der Waals surface area contributed by atoms with Crippen molar-refractivity contribution in [2.75, 3.05) is 5.32 Å². The maximum absolute atomic E-state index is 10.9. The third-order valence-electron chi connectivity index (χ3n) is 2.78. The van der Waals surface area contributed by atoms with Crippen LogP contribution in [0.4, 0.5) is 5.69 Å². The van der Waals surface area contributed by atoms with Crippen molar-refractivity contribution >= 4 is 23.0 Å².